The van der Waals surface area contributed by atoms with Gasteiger partial charge < -0.3 is 60.2 Å². The first-order valence-electron chi connectivity index (χ1n) is 8.99. The highest BCUT2D eigenvalue weighted by molar-refractivity contribution is 4.91. The Morgan fingerprint density at radius 2 is 1.36 bits per heavy atom. The van der Waals surface area contributed by atoms with Gasteiger partial charge in [0, 0.05) is 13.2 Å². The zero-order valence-electron chi connectivity index (χ0n) is 16.0. The second-order valence-corrected chi connectivity index (χ2v) is 6.07. The standard InChI is InChI=1S/C12H24O11.C4H10O/c13-1-4(16)7(18)11(5(17)2-14)23-12-10(21)9(20)8(19)6(3-15)22-12;1-3-5-4-2/h4-21H,1-3H2;3-4H2,1-2H3/t4-,5+,6+,7+,8+,9-,10+,11+,12+;/m0./s1. The first kappa shape index (κ1) is 27.5. The molecular weight excluding hydrogens is 384 g/mol. The molecule has 0 radical (unpaired) electrons. The predicted molar refractivity (Wildman–Crippen MR) is 93.0 cm³/mol. The lowest BCUT2D eigenvalue weighted by molar-refractivity contribution is -0.327. The van der Waals surface area contributed by atoms with Crippen LogP contribution in [0.1, 0.15) is 13.8 Å². The molecule has 1 saturated heterocycles. The van der Waals surface area contributed by atoms with E-state index in [1.165, 1.54) is 0 Å². The minimum absolute atomic E-state index is 0.708. The van der Waals surface area contributed by atoms with Crippen molar-refractivity contribution in [2.45, 2.75) is 69.0 Å². The third kappa shape index (κ3) is 8.10. The molecular formula is C16H34O12. The molecule has 0 aromatic heterocycles. The van der Waals surface area contributed by atoms with E-state index < -0.39 is 74.9 Å². The number of hydrogen-bond donors (Lipinski definition) is 9. The third-order valence-electron chi connectivity index (χ3n) is 4.03. The summed E-state index contributed by atoms with van der Waals surface area (Å²) in [6.45, 7) is 3.21. The zero-order chi connectivity index (χ0) is 21.9. The maximum absolute atomic E-state index is 9.83. The lowest BCUT2D eigenvalue weighted by Crippen LogP contribution is -2.61. The number of rotatable bonds is 10. The van der Waals surface area contributed by atoms with E-state index in [4.69, 9.17) is 29.5 Å². The molecule has 0 bridgehead atoms. The normalized spacial score (nSPS) is 32.0. The maximum atomic E-state index is 9.83. The van der Waals surface area contributed by atoms with Crippen molar-refractivity contribution in [1.29, 1.82) is 0 Å². The van der Waals surface area contributed by atoms with Gasteiger partial charge in [-0.15, -0.1) is 0 Å². The Bertz CT molecular complexity index is 383. The van der Waals surface area contributed by atoms with E-state index in [1.807, 2.05) is 13.8 Å². The highest BCUT2D eigenvalue weighted by atomic mass is 16.7. The van der Waals surface area contributed by atoms with Crippen LogP contribution in [-0.4, -0.2) is 134 Å². The molecule has 1 aliphatic rings. The van der Waals surface area contributed by atoms with Crippen molar-refractivity contribution in [3.05, 3.63) is 0 Å². The topological polar surface area (TPSA) is 210 Å². The zero-order valence-corrected chi connectivity index (χ0v) is 16.0. The lowest BCUT2D eigenvalue weighted by atomic mass is 9.98. The van der Waals surface area contributed by atoms with Gasteiger partial charge in [-0.1, -0.05) is 0 Å². The predicted octanol–water partition coefficient (Wildman–Crippen LogP) is -4.72. The average molecular weight is 418 g/mol. The van der Waals surface area contributed by atoms with Crippen molar-refractivity contribution in [1.82, 2.24) is 0 Å². The molecule has 28 heavy (non-hydrogen) atoms. The molecule has 0 unspecified atom stereocenters. The minimum atomic E-state index is -1.85. The van der Waals surface area contributed by atoms with E-state index in [1.54, 1.807) is 0 Å². The number of hydrogen-bond acceptors (Lipinski definition) is 12. The average Bonchev–Trinajstić information content (AvgIpc) is 2.71. The van der Waals surface area contributed by atoms with Gasteiger partial charge >= 0.3 is 0 Å². The van der Waals surface area contributed by atoms with Crippen molar-refractivity contribution >= 4 is 0 Å². The molecule has 0 aromatic carbocycles. The Morgan fingerprint density at radius 3 is 1.75 bits per heavy atom. The quantitative estimate of drug-likeness (QED) is 0.164. The molecule has 12 nitrogen and oxygen atoms in total. The minimum Gasteiger partial charge on any atom is -0.394 e. The molecule has 1 heterocycles. The van der Waals surface area contributed by atoms with Crippen LogP contribution < -0.4 is 0 Å². The van der Waals surface area contributed by atoms with E-state index in [9.17, 15) is 30.6 Å². The Balaban J connectivity index is 0.00000129. The fourth-order valence-corrected chi connectivity index (χ4v) is 2.37. The summed E-state index contributed by atoms with van der Waals surface area (Å²) >= 11 is 0. The van der Waals surface area contributed by atoms with Crippen LogP contribution in [0.15, 0.2) is 0 Å². The van der Waals surface area contributed by atoms with Crippen molar-refractivity contribution < 1.29 is 60.2 Å². The van der Waals surface area contributed by atoms with E-state index in [0.717, 1.165) is 13.2 Å². The Labute approximate surface area is 163 Å². The van der Waals surface area contributed by atoms with Crippen LogP contribution in [0.4, 0.5) is 0 Å². The van der Waals surface area contributed by atoms with Gasteiger partial charge in [0.15, 0.2) is 6.29 Å². The Morgan fingerprint density at radius 1 is 0.821 bits per heavy atom. The maximum Gasteiger partial charge on any atom is 0.187 e. The highest BCUT2D eigenvalue weighted by Gasteiger charge is 2.46. The van der Waals surface area contributed by atoms with Gasteiger partial charge in [0.05, 0.1) is 19.8 Å². The van der Waals surface area contributed by atoms with Crippen LogP contribution in [0.2, 0.25) is 0 Å². The summed E-state index contributed by atoms with van der Waals surface area (Å²) < 4.78 is 15.0. The van der Waals surface area contributed by atoms with E-state index in [2.05, 4.69) is 0 Å². The first-order chi connectivity index (χ1) is 13.2. The second kappa shape index (κ2) is 14.5. The largest absolute Gasteiger partial charge is 0.394 e. The summed E-state index contributed by atoms with van der Waals surface area (Å²) in [4.78, 5) is 0. The Hall–Kier alpha value is -0.480. The Kier molecular flexibility index (Phi) is 14.2. The molecule has 0 aromatic rings. The van der Waals surface area contributed by atoms with Gasteiger partial charge in [0.25, 0.3) is 0 Å². The van der Waals surface area contributed by atoms with Gasteiger partial charge in [0.1, 0.15) is 48.8 Å². The number of aliphatic hydroxyl groups is 9. The number of aliphatic hydroxyl groups excluding tert-OH is 9. The van der Waals surface area contributed by atoms with Crippen molar-refractivity contribution in [2.24, 2.45) is 0 Å². The van der Waals surface area contributed by atoms with Crippen LogP contribution in [0.5, 0.6) is 0 Å². The molecule has 1 aliphatic heterocycles. The molecule has 170 valence electrons. The highest BCUT2D eigenvalue weighted by Crippen LogP contribution is 2.24. The summed E-state index contributed by atoms with van der Waals surface area (Å²) in [7, 11) is 0. The van der Waals surface area contributed by atoms with Crippen LogP contribution in [-0.2, 0) is 14.2 Å². The molecule has 9 N–H and O–H groups in total. The summed E-state index contributed by atoms with van der Waals surface area (Å²) in [6.07, 6.45) is -15.1. The van der Waals surface area contributed by atoms with E-state index in [0.29, 0.717) is 0 Å². The fraction of sp³-hybridized carbons (Fsp3) is 1.00. The summed E-state index contributed by atoms with van der Waals surface area (Å²) in [6, 6.07) is 0. The van der Waals surface area contributed by atoms with Crippen LogP contribution in [0, 0.1) is 0 Å². The van der Waals surface area contributed by atoms with Gasteiger partial charge in [0.2, 0.25) is 0 Å². The fourth-order valence-electron chi connectivity index (χ4n) is 2.37. The second-order valence-electron chi connectivity index (χ2n) is 6.07. The van der Waals surface area contributed by atoms with Crippen molar-refractivity contribution in [3.8, 4) is 0 Å². The lowest BCUT2D eigenvalue weighted by Gasteiger charge is -2.42. The molecule has 1 rings (SSSR count). The van der Waals surface area contributed by atoms with Crippen LogP contribution >= 0.6 is 0 Å². The first-order valence-corrected chi connectivity index (χ1v) is 8.99. The van der Waals surface area contributed by atoms with Crippen molar-refractivity contribution in [3.63, 3.8) is 0 Å². The van der Waals surface area contributed by atoms with E-state index >= 15 is 0 Å². The van der Waals surface area contributed by atoms with Gasteiger partial charge in [-0.25, -0.2) is 0 Å². The molecule has 12 heteroatoms. The smallest absolute Gasteiger partial charge is 0.187 e. The van der Waals surface area contributed by atoms with Crippen LogP contribution in [0.3, 0.4) is 0 Å². The monoisotopic (exact) mass is 418 g/mol. The third-order valence-corrected chi connectivity index (χ3v) is 4.03. The molecule has 0 aliphatic carbocycles. The van der Waals surface area contributed by atoms with Gasteiger partial charge in [-0.05, 0) is 13.8 Å². The number of ether oxygens (including phenoxy) is 3. The van der Waals surface area contributed by atoms with Gasteiger partial charge in [-0.2, -0.15) is 0 Å². The van der Waals surface area contributed by atoms with Crippen molar-refractivity contribution in [2.75, 3.05) is 33.0 Å². The summed E-state index contributed by atoms with van der Waals surface area (Å²) in [5, 5.41) is 84.9. The SMILES string of the molecule is CCOCC.OC[C@@H](O)[C@@H](O[C@H]1O[C@H](CO)[C@@H](O)[C@H](O)[C@H]1O)[C@H](O)[C@@H](O)CO. The molecule has 1 fully saturated rings. The molecule has 9 atom stereocenters. The van der Waals surface area contributed by atoms with E-state index in [-0.39, 0.29) is 0 Å². The van der Waals surface area contributed by atoms with Gasteiger partial charge in [-0.3, -0.25) is 0 Å². The summed E-state index contributed by atoms with van der Waals surface area (Å²) in [5.41, 5.74) is 0. The van der Waals surface area contributed by atoms with Crippen LogP contribution in [0.25, 0.3) is 0 Å². The molecule has 0 saturated carbocycles. The molecule has 0 amide bonds. The molecule has 0 spiro atoms. The summed E-state index contributed by atoms with van der Waals surface area (Å²) in [5.74, 6) is 0.